The summed E-state index contributed by atoms with van der Waals surface area (Å²) in [6, 6.07) is 1.89. The van der Waals surface area contributed by atoms with Crippen LogP contribution in [0.1, 0.15) is 5.82 Å². The zero-order valence-electron chi connectivity index (χ0n) is 5.78. The fourth-order valence-electron chi connectivity index (χ4n) is 0.952. The van der Waals surface area contributed by atoms with E-state index in [2.05, 4.69) is 15.0 Å². The standard InChI is InChI=1S/C7H7N3O/c11-4-6-9-3-5-1-2-8-7(5)10-6/h1-3,11H,4H2,(H,8,9,10). The van der Waals surface area contributed by atoms with E-state index in [4.69, 9.17) is 5.11 Å². The van der Waals surface area contributed by atoms with Crippen LogP contribution in [0.4, 0.5) is 0 Å². The van der Waals surface area contributed by atoms with Gasteiger partial charge in [-0.25, -0.2) is 9.97 Å². The van der Waals surface area contributed by atoms with E-state index in [1.54, 1.807) is 12.4 Å². The minimum Gasteiger partial charge on any atom is -0.388 e. The molecule has 0 aliphatic heterocycles. The van der Waals surface area contributed by atoms with Crippen LogP contribution >= 0.6 is 0 Å². The van der Waals surface area contributed by atoms with Crippen molar-refractivity contribution < 1.29 is 5.11 Å². The maximum atomic E-state index is 8.70. The van der Waals surface area contributed by atoms with Crippen LogP contribution in [0.5, 0.6) is 0 Å². The first kappa shape index (κ1) is 6.30. The number of fused-ring (bicyclic) bond motifs is 1. The quantitative estimate of drug-likeness (QED) is 0.618. The van der Waals surface area contributed by atoms with E-state index in [-0.39, 0.29) is 6.61 Å². The summed E-state index contributed by atoms with van der Waals surface area (Å²) in [7, 11) is 0. The second-order valence-electron chi connectivity index (χ2n) is 2.23. The molecule has 0 amide bonds. The van der Waals surface area contributed by atoms with Gasteiger partial charge >= 0.3 is 0 Å². The molecule has 0 saturated heterocycles. The average molecular weight is 149 g/mol. The summed E-state index contributed by atoms with van der Waals surface area (Å²) in [6.07, 6.45) is 3.48. The molecule has 2 aromatic rings. The van der Waals surface area contributed by atoms with Crippen molar-refractivity contribution in [3.63, 3.8) is 0 Å². The Morgan fingerprint density at radius 1 is 1.55 bits per heavy atom. The van der Waals surface area contributed by atoms with Crippen LogP contribution in [0.25, 0.3) is 11.0 Å². The number of aromatic nitrogens is 3. The van der Waals surface area contributed by atoms with Crippen molar-refractivity contribution in [3.05, 3.63) is 24.3 Å². The van der Waals surface area contributed by atoms with Crippen LogP contribution < -0.4 is 0 Å². The highest BCUT2D eigenvalue weighted by Gasteiger charge is 1.97. The second-order valence-corrected chi connectivity index (χ2v) is 2.23. The molecule has 2 aromatic heterocycles. The Morgan fingerprint density at radius 2 is 2.45 bits per heavy atom. The number of hydrogen-bond donors (Lipinski definition) is 2. The molecule has 2 heterocycles. The van der Waals surface area contributed by atoms with Gasteiger partial charge in [-0.2, -0.15) is 0 Å². The van der Waals surface area contributed by atoms with Gasteiger partial charge in [-0.1, -0.05) is 0 Å². The van der Waals surface area contributed by atoms with Gasteiger partial charge in [0.15, 0.2) is 5.82 Å². The molecule has 0 radical (unpaired) electrons. The van der Waals surface area contributed by atoms with Crippen molar-refractivity contribution in [2.24, 2.45) is 0 Å². The van der Waals surface area contributed by atoms with E-state index in [1.165, 1.54) is 0 Å². The number of H-pyrrole nitrogens is 1. The van der Waals surface area contributed by atoms with E-state index < -0.39 is 0 Å². The van der Waals surface area contributed by atoms with Gasteiger partial charge in [0.05, 0.1) is 0 Å². The Morgan fingerprint density at radius 3 is 3.27 bits per heavy atom. The number of hydrogen-bond acceptors (Lipinski definition) is 3. The van der Waals surface area contributed by atoms with Crippen molar-refractivity contribution >= 4 is 11.0 Å². The van der Waals surface area contributed by atoms with E-state index in [1.807, 2.05) is 6.07 Å². The smallest absolute Gasteiger partial charge is 0.156 e. The predicted molar refractivity (Wildman–Crippen MR) is 39.8 cm³/mol. The molecule has 0 aliphatic carbocycles. The lowest BCUT2D eigenvalue weighted by Crippen LogP contribution is -1.92. The van der Waals surface area contributed by atoms with Gasteiger partial charge < -0.3 is 10.1 Å². The summed E-state index contributed by atoms with van der Waals surface area (Å²) in [5.74, 6) is 0.444. The lowest BCUT2D eigenvalue weighted by molar-refractivity contribution is 0.272. The van der Waals surface area contributed by atoms with Crippen molar-refractivity contribution in [1.29, 1.82) is 0 Å². The maximum Gasteiger partial charge on any atom is 0.156 e. The third-order valence-electron chi connectivity index (χ3n) is 1.49. The minimum atomic E-state index is -0.116. The first-order chi connectivity index (χ1) is 5.40. The third kappa shape index (κ3) is 0.969. The van der Waals surface area contributed by atoms with Crippen LogP contribution in [0.15, 0.2) is 18.5 Å². The summed E-state index contributed by atoms with van der Waals surface area (Å²) in [4.78, 5) is 10.9. The van der Waals surface area contributed by atoms with Gasteiger partial charge in [-0.05, 0) is 6.07 Å². The van der Waals surface area contributed by atoms with Gasteiger partial charge in [0.2, 0.25) is 0 Å². The lowest BCUT2D eigenvalue weighted by atomic mass is 10.4. The van der Waals surface area contributed by atoms with E-state index >= 15 is 0 Å². The summed E-state index contributed by atoms with van der Waals surface area (Å²) in [5, 5.41) is 9.66. The molecule has 0 aromatic carbocycles. The zero-order chi connectivity index (χ0) is 7.68. The topological polar surface area (TPSA) is 61.8 Å². The van der Waals surface area contributed by atoms with Crippen LogP contribution in [0.3, 0.4) is 0 Å². The molecule has 4 nitrogen and oxygen atoms in total. The Bertz CT molecular complexity index is 368. The molecule has 2 N–H and O–H groups in total. The van der Waals surface area contributed by atoms with Crippen LogP contribution in [0.2, 0.25) is 0 Å². The molecule has 0 aliphatic rings. The van der Waals surface area contributed by atoms with Gasteiger partial charge in [-0.3, -0.25) is 0 Å². The normalized spacial score (nSPS) is 10.6. The third-order valence-corrected chi connectivity index (χ3v) is 1.49. The van der Waals surface area contributed by atoms with Gasteiger partial charge in [-0.15, -0.1) is 0 Å². The highest BCUT2D eigenvalue weighted by Crippen LogP contribution is 2.06. The van der Waals surface area contributed by atoms with Crippen molar-refractivity contribution in [2.75, 3.05) is 0 Å². The highest BCUT2D eigenvalue weighted by atomic mass is 16.3. The van der Waals surface area contributed by atoms with Crippen LogP contribution in [0, 0.1) is 0 Å². The Kier molecular flexibility index (Phi) is 1.33. The molecule has 56 valence electrons. The van der Waals surface area contributed by atoms with Crippen molar-refractivity contribution in [2.45, 2.75) is 6.61 Å². The van der Waals surface area contributed by atoms with E-state index in [0.29, 0.717) is 5.82 Å². The fraction of sp³-hybridized carbons (Fsp3) is 0.143. The summed E-state index contributed by atoms with van der Waals surface area (Å²) >= 11 is 0. The summed E-state index contributed by atoms with van der Waals surface area (Å²) < 4.78 is 0. The number of nitrogens with zero attached hydrogens (tertiary/aromatic N) is 2. The first-order valence-electron chi connectivity index (χ1n) is 3.30. The average Bonchev–Trinajstić information content (AvgIpc) is 2.50. The molecule has 0 spiro atoms. The zero-order valence-corrected chi connectivity index (χ0v) is 5.78. The largest absolute Gasteiger partial charge is 0.388 e. The molecule has 0 atom stereocenters. The monoisotopic (exact) mass is 149 g/mol. The summed E-state index contributed by atoms with van der Waals surface area (Å²) in [6.45, 7) is -0.116. The molecular formula is C7H7N3O. The van der Waals surface area contributed by atoms with E-state index in [9.17, 15) is 0 Å². The maximum absolute atomic E-state index is 8.70. The first-order valence-corrected chi connectivity index (χ1v) is 3.30. The number of aromatic amines is 1. The van der Waals surface area contributed by atoms with Gasteiger partial charge in [0.25, 0.3) is 0 Å². The highest BCUT2D eigenvalue weighted by molar-refractivity contribution is 5.73. The van der Waals surface area contributed by atoms with Gasteiger partial charge in [0, 0.05) is 17.8 Å². The lowest BCUT2D eigenvalue weighted by Gasteiger charge is -1.92. The Labute approximate surface area is 62.9 Å². The van der Waals surface area contributed by atoms with Crippen molar-refractivity contribution in [3.8, 4) is 0 Å². The molecular weight excluding hydrogens is 142 g/mol. The Balaban J connectivity index is 2.67. The SMILES string of the molecule is OCc1ncc2cc[nH]c2n1. The molecule has 0 bridgehead atoms. The second kappa shape index (κ2) is 2.32. The van der Waals surface area contributed by atoms with Gasteiger partial charge in [0.1, 0.15) is 12.3 Å². The molecule has 11 heavy (non-hydrogen) atoms. The van der Waals surface area contributed by atoms with Crippen LogP contribution in [-0.4, -0.2) is 20.1 Å². The van der Waals surface area contributed by atoms with Crippen LogP contribution in [-0.2, 0) is 6.61 Å². The molecule has 2 rings (SSSR count). The molecule has 0 fully saturated rings. The molecule has 0 saturated carbocycles. The molecule has 4 heteroatoms. The number of aliphatic hydroxyl groups excluding tert-OH is 1. The fourth-order valence-corrected chi connectivity index (χ4v) is 0.952. The summed E-state index contributed by atoms with van der Waals surface area (Å²) in [5.41, 5.74) is 0.768. The number of rotatable bonds is 1. The Hall–Kier alpha value is -1.42. The van der Waals surface area contributed by atoms with E-state index in [0.717, 1.165) is 11.0 Å². The predicted octanol–water partition coefficient (Wildman–Crippen LogP) is 0.450. The molecule has 0 unspecified atom stereocenters. The number of aliphatic hydroxyl groups is 1. The number of nitrogens with one attached hydrogen (secondary N) is 1. The van der Waals surface area contributed by atoms with Crippen molar-refractivity contribution in [1.82, 2.24) is 15.0 Å². The minimum absolute atomic E-state index is 0.116.